The van der Waals surface area contributed by atoms with Crippen LogP contribution in [-0.2, 0) is 9.05 Å². The van der Waals surface area contributed by atoms with Gasteiger partial charge in [0, 0.05) is 32.2 Å². The average Bonchev–Trinajstić information content (AvgIpc) is 2.47. The van der Waals surface area contributed by atoms with Crippen molar-refractivity contribution < 1.29 is 8.42 Å². The van der Waals surface area contributed by atoms with Crippen molar-refractivity contribution in [1.29, 1.82) is 0 Å². The number of nitrogens with one attached hydrogen (secondary N) is 1. The molecule has 1 heterocycles. The summed E-state index contributed by atoms with van der Waals surface area (Å²) < 4.78 is 22.6. The van der Waals surface area contributed by atoms with Crippen LogP contribution >= 0.6 is 10.7 Å². The largest absolute Gasteiger partial charge is 0.355 e. The molecule has 2 rings (SSSR count). The van der Waals surface area contributed by atoms with Crippen molar-refractivity contribution in [2.75, 3.05) is 0 Å². The van der Waals surface area contributed by atoms with Gasteiger partial charge >= 0.3 is 0 Å². The summed E-state index contributed by atoms with van der Waals surface area (Å²) in [5.41, 5.74) is 0.360. The molecule has 0 saturated heterocycles. The van der Waals surface area contributed by atoms with Crippen LogP contribution in [0.1, 0.15) is 13.8 Å². The van der Waals surface area contributed by atoms with Gasteiger partial charge in [0.05, 0.1) is 4.90 Å². The van der Waals surface area contributed by atoms with Crippen LogP contribution in [0.15, 0.2) is 41.0 Å². The Labute approximate surface area is 127 Å². The van der Waals surface area contributed by atoms with Gasteiger partial charge in [0.25, 0.3) is 9.05 Å². The SMILES string of the molecule is C/C=c1/[nH]c2ccc(S(=O)(=O)Cl)cc2c(=O)/c1=C/C.C=C. The van der Waals surface area contributed by atoms with Crippen molar-refractivity contribution in [1.82, 2.24) is 4.98 Å². The second kappa shape index (κ2) is 6.74. The Morgan fingerprint density at radius 3 is 2.29 bits per heavy atom. The van der Waals surface area contributed by atoms with Crippen LogP contribution in [0.2, 0.25) is 0 Å². The predicted octanol–water partition coefficient (Wildman–Crippen LogP) is 1.86. The first kappa shape index (κ1) is 17.2. The van der Waals surface area contributed by atoms with Crippen molar-refractivity contribution in [2.24, 2.45) is 0 Å². The number of H-pyrrole nitrogens is 1. The molecule has 6 heteroatoms. The number of halogens is 1. The van der Waals surface area contributed by atoms with Crippen molar-refractivity contribution >= 4 is 42.8 Å². The molecule has 1 aromatic carbocycles. The highest BCUT2D eigenvalue weighted by Crippen LogP contribution is 2.17. The standard InChI is InChI=1S/C13H12ClNO3S.C2H4/c1-3-9-11(4-2)15-12-6-5-8(19(14,17)18)7-10(12)13(9)16;1-2/h3-7,15H,1-2H3;1-2H2/b9-3+,11-4+;. The molecule has 0 spiro atoms. The van der Waals surface area contributed by atoms with E-state index in [1.54, 1.807) is 25.1 Å². The molecule has 0 atom stereocenters. The van der Waals surface area contributed by atoms with Gasteiger partial charge in [-0.1, -0.05) is 12.2 Å². The Kier molecular flexibility index (Phi) is 5.52. The van der Waals surface area contributed by atoms with Gasteiger partial charge in [0.15, 0.2) is 5.43 Å². The van der Waals surface area contributed by atoms with Gasteiger partial charge in [0.1, 0.15) is 0 Å². The van der Waals surface area contributed by atoms with Crippen LogP contribution < -0.4 is 16.0 Å². The molecular weight excluding hydrogens is 310 g/mol. The minimum absolute atomic E-state index is 0.0811. The third-order valence-electron chi connectivity index (χ3n) is 2.90. The highest BCUT2D eigenvalue weighted by molar-refractivity contribution is 8.13. The lowest BCUT2D eigenvalue weighted by Crippen LogP contribution is -2.40. The summed E-state index contributed by atoms with van der Waals surface area (Å²) in [6, 6.07) is 4.21. The molecule has 0 aliphatic rings. The Morgan fingerprint density at radius 1 is 1.19 bits per heavy atom. The maximum atomic E-state index is 12.3. The molecule has 2 aromatic rings. The third kappa shape index (κ3) is 3.43. The Balaban J connectivity index is 0.00000106. The maximum absolute atomic E-state index is 12.3. The quantitative estimate of drug-likeness (QED) is 0.643. The molecule has 0 aliphatic heterocycles. The topological polar surface area (TPSA) is 67.0 Å². The lowest BCUT2D eigenvalue weighted by molar-refractivity contribution is 0.609. The summed E-state index contributed by atoms with van der Waals surface area (Å²) >= 11 is 0. The van der Waals surface area contributed by atoms with E-state index in [0.29, 0.717) is 21.5 Å². The van der Waals surface area contributed by atoms with Gasteiger partial charge in [-0.3, -0.25) is 4.79 Å². The van der Waals surface area contributed by atoms with E-state index in [1.807, 2.05) is 6.92 Å². The smallest absolute Gasteiger partial charge is 0.261 e. The fraction of sp³-hybridized carbons (Fsp3) is 0.133. The molecule has 1 aromatic heterocycles. The van der Waals surface area contributed by atoms with Crippen molar-refractivity contribution in [2.45, 2.75) is 18.7 Å². The molecule has 0 aliphatic carbocycles. The van der Waals surface area contributed by atoms with Crippen LogP contribution in [0.3, 0.4) is 0 Å². The summed E-state index contributed by atoms with van der Waals surface area (Å²) in [5.74, 6) is 0. The minimum Gasteiger partial charge on any atom is -0.355 e. The van der Waals surface area contributed by atoms with Gasteiger partial charge in [0.2, 0.25) is 0 Å². The van der Waals surface area contributed by atoms with E-state index < -0.39 is 9.05 Å². The van der Waals surface area contributed by atoms with Crippen LogP contribution in [0.25, 0.3) is 23.1 Å². The van der Waals surface area contributed by atoms with E-state index in [9.17, 15) is 13.2 Å². The van der Waals surface area contributed by atoms with E-state index in [4.69, 9.17) is 10.7 Å². The van der Waals surface area contributed by atoms with Crippen LogP contribution in [0.4, 0.5) is 0 Å². The maximum Gasteiger partial charge on any atom is 0.261 e. The van der Waals surface area contributed by atoms with E-state index in [2.05, 4.69) is 18.1 Å². The first-order chi connectivity index (χ1) is 9.88. The number of hydrogen-bond acceptors (Lipinski definition) is 3. The van der Waals surface area contributed by atoms with Crippen molar-refractivity contribution in [3.63, 3.8) is 0 Å². The van der Waals surface area contributed by atoms with Gasteiger partial charge in [-0.05, 0) is 32.0 Å². The Hall–Kier alpha value is -1.85. The lowest BCUT2D eigenvalue weighted by atomic mass is 10.1. The number of rotatable bonds is 1. The monoisotopic (exact) mass is 325 g/mol. The zero-order valence-electron chi connectivity index (χ0n) is 11.8. The van der Waals surface area contributed by atoms with E-state index >= 15 is 0 Å². The number of aromatic nitrogens is 1. The number of hydrogen-bond donors (Lipinski definition) is 1. The zero-order chi connectivity index (χ0) is 16.2. The molecule has 0 unspecified atom stereocenters. The Bertz CT molecular complexity index is 943. The Morgan fingerprint density at radius 2 is 1.81 bits per heavy atom. The first-order valence-electron chi connectivity index (χ1n) is 6.12. The van der Waals surface area contributed by atoms with Gasteiger partial charge in [-0.15, -0.1) is 13.2 Å². The summed E-state index contributed by atoms with van der Waals surface area (Å²) in [4.78, 5) is 15.3. The second-order valence-electron chi connectivity index (χ2n) is 4.00. The normalized spacial score (nSPS) is 13.1. The molecule has 0 saturated carbocycles. The van der Waals surface area contributed by atoms with Crippen LogP contribution in [0, 0.1) is 0 Å². The predicted molar refractivity (Wildman–Crippen MR) is 88.4 cm³/mol. The van der Waals surface area contributed by atoms with Crippen molar-refractivity contribution in [3.8, 4) is 0 Å². The zero-order valence-corrected chi connectivity index (χ0v) is 13.4. The van der Waals surface area contributed by atoms with Crippen LogP contribution in [-0.4, -0.2) is 13.4 Å². The number of aromatic amines is 1. The first-order valence-corrected chi connectivity index (χ1v) is 8.43. The summed E-state index contributed by atoms with van der Waals surface area (Å²) in [6.07, 6.45) is 3.48. The number of pyridine rings is 1. The van der Waals surface area contributed by atoms with E-state index in [0.717, 1.165) is 0 Å². The molecule has 0 radical (unpaired) electrons. The van der Waals surface area contributed by atoms with Crippen LogP contribution in [0.5, 0.6) is 0 Å². The molecule has 4 nitrogen and oxygen atoms in total. The minimum atomic E-state index is -3.84. The summed E-state index contributed by atoms with van der Waals surface area (Å²) in [6.45, 7) is 9.58. The molecule has 21 heavy (non-hydrogen) atoms. The highest BCUT2D eigenvalue weighted by Gasteiger charge is 2.12. The second-order valence-corrected chi connectivity index (χ2v) is 6.57. The lowest BCUT2D eigenvalue weighted by Gasteiger charge is -2.01. The number of benzene rings is 1. The van der Waals surface area contributed by atoms with Gasteiger partial charge in [-0.2, -0.15) is 0 Å². The van der Waals surface area contributed by atoms with Gasteiger partial charge < -0.3 is 4.98 Å². The molecule has 0 amide bonds. The summed E-state index contributed by atoms with van der Waals surface area (Å²) in [5, 5.41) is 1.53. The molecule has 0 fully saturated rings. The van der Waals surface area contributed by atoms with E-state index in [-0.39, 0.29) is 10.3 Å². The number of fused-ring (bicyclic) bond motifs is 1. The molecular formula is C15H16ClNO3S. The summed E-state index contributed by atoms with van der Waals surface area (Å²) in [7, 11) is 1.44. The fourth-order valence-corrected chi connectivity index (χ4v) is 2.74. The third-order valence-corrected chi connectivity index (χ3v) is 4.25. The average molecular weight is 326 g/mol. The van der Waals surface area contributed by atoms with Gasteiger partial charge in [-0.25, -0.2) is 8.42 Å². The molecule has 0 bridgehead atoms. The highest BCUT2D eigenvalue weighted by atomic mass is 35.7. The van der Waals surface area contributed by atoms with E-state index in [1.165, 1.54) is 12.1 Å². The van der Waals surface area contributed by atoms with Crippen molar-refractivity contribution in [3.05, 3.63) is 52.1 Å². The molecule has 112 valence electrons. The molecule has 1 N–H and O–H groups in total. The fourth-order valence-electron chi connectivity index (χ4n) is 1.97.